The molecule has 1 aliphatic heterocycles. The fourth-order valence-electron chi connectivity index (χ4n) is 2.07. The van der Waals surface area contributed by atoms with E-state index in [4.69, 9.17) is 0 Å². The molecule has 1 aromatic rings. The Labute approximate surface area is 106 Å². The van der Waals surface area contributed by atoms with E-state index in [0.29, 0.717) is 0 Å². The van der Waals surface area contributed by atoms with Crippen LogP contribution in [0.15, 0.2) is 24.3 Å². The number of benzene rings is 1. The minimum atomic E-state index is -0.421. The van der Waals surface area contributed by atoms with Crippen LogP contribution in [-0.4, -0.2) is 25.2 Å². The van der Waals surface area contributed by atoms with Gasteiger partial charge in [-0.05, 0) is 44.5 Å². The fourth-order valence-corrected chi connectivity index (χ4v) is 2.07. The summed E-state index contributed by atoms with van der Waals surface area (Å²) in [7, 11) is 0. The second-order valence-electron chi connectivity index (χ2n) is 4.46. The Balaban J connectivity index is 1.86. The molecule has 3 N–H and O–H groups in total. The van der Waals surface area contributed by atoms with Crippen molar-refractivity contribution in [2.75, 3.05) is 18.4 Å². The lowest BCUT2D eigenvalue weighted by atomic mass is 10.1. The Kier molecular flexibility index (Phi) is 4.52. The largest absolute Gasteiger partial charge is 0.335 e. The molecule has 1 unspecified atom stereocenters. The number of nitrogens with one attached hydrogen (secondary N) is 3. The van der Waals surface area contributed by atoms with Gasteiger partial charge in [0.2, 0.25) is 0 Å². The van der Waals surface area contributed by atoms with Crippen molar-refractivity contribution in [1.82, 2.24) is 10.6 Å². The molecule has 4 nitrogen and oxygen atoms in total. The van der Waals surface area contributed by atoms with Crippen LogP contribution in [0, 0.1) is 5.82 Å². The number of carbonyl (C=O) groups excluding carboxylic acids is 1. The van der Waals surface area contributed by atoms with Gasteiger partial charge >= 0.3 is 6.03 Å². The summed E-state index contributed by atoms with van der Waals surface area (Å²) in [6.45, 7) is 1.90. The molecule has 98 valence electrons. The predicted octanol–water partition coefficient (Wildman–Crippen LogP) is 2.09. The zero-order chi connectivity index (χ0) is 12.8. The molecule has 18 heavy (non-hydrogen) atoms. The third-order valence-corrected chi connectivity index (χ3v) is 3.03. The summed E-state index contributed by atoms with van der Waals surface area (Å²) in [5, 5.41) is 8.69. The normalized spacial score (nSPS) is 19.9. The van der Waals surface area contributed by atoms with E-state index in [1.54, 1.807) is 18.2 Å². The van der Waals surface area contributed by atoms with Gasteiger partial charge in [0.05, 0.1) is 5.69 Å². The van der Waals surface area contributed by atoms with E-state index in [-0.39, 0.29) is 17.8 Å². The van der Waals surface area contributed by atoms with Crippen LogP contribution in [0.4, 0.5) is 14.9 Å². The molecule has 1 atom stereocenters. The highest BCUT2D eigenvalue weighted by Gasteiger charge is 2.14. The summed E-state index contributed by atoms with van der Waals surface area (Å²) in [5.41, 5.74) is 0.210. The van der Waals surface area contributed by atoms with E-state index in [1.807, 2.05) is 0 Å². The minimum absolute atomic E-state index is 0.159. The molecule has 0 radical (unpaired) electrons. The van der Waals surface area contributed by atoms with Gasteiger partial charge in [-0.1, -0.05) is 12.1 Å². The van der Waals surface area contributed by atoms with Crippen LogP contribution < -0.4 is 16.0 Å². The summed E-state index contributed by atoms with van der Waals surface area (Å²) >= 11 is 0. The first-order valence-electron chi connectivity index (χ1n) is 6.28. The van der Waals surface area contributed by atoms with Crippen LogP contribution in [-0.2, 0) is 0 Å². The molecule has 1 aliphatic rings. The number of anilines is 1. The lowest BCUT2D eigenvalue weighted by molar-refractivity contribution is 0.247. The van der Waals surface area contributed by atoms with Crippen LogP contribution in [0.5, 0.6) is 0 Å². The molecule has 0 aliphatic carbocycles. The molecular weight excluding hydrogens is 233 g/mol. The van der Waals surface area contributed by atoms with Crippen molar-refractivity contribution in [1.29, 1.82) is 0 Å². The molecule has 0 spiro atoms. The third kappa shape index (κ3) is 3.70. The highest BCUT2D eigenvalue weighted by Crippen LogP contribution is 2.12. The van der Waals surface area contributed by atoms with Gasteiger partial charge in [-0.2, -0.15) is 0 Å². The number of hydrogen-bond acceptors (Lipinski definition) is 2. The maximum absolute atomic E-state index is 13.3. The van der Waals surface area contributed by atoms with Crippen LogP contribution in [0.2, 0.25) is 0 Å². The van der Waals surface area contributed by atoms with Gasteiger partial charge in [-0.15, -0.1) is 0 Å². The monoisotopic (exact) mass is 251 g/mol. The molecule has 5 heteroatoms. The molecule has 2 rings (SSSR count). The van der Waals surface area contributed by atoms with Gasteiger partial charge in [-0.3, -0.25) is 0 Å². The van der Waals surface area contributed by atoms with Crippen LogP contribution in [0.3, 0.4) is 0 Å². The summed E-state index contributed by atoms with van der Waals surface area (Å²) in [4.78, 5) is 11.7. The number of halogens is 1. The molecule has 1 fully saturated rings. The van der Waals surface area contributed by atoms with Crippen LogP contribution in [0.1, 0.15) is 19.3 Å². The van der Waals surface area contributed by atoms with E-state index in [2.05, 4.69) is 16.0 Å². The van der Waals surface area contributed by atoms with Crippen molar-refractivity contribution in [3.63, 3.8) is 0 Å². The molecule has 0 bridgehead atoms. The molecule has 1 aromatic carbocycles. The van der Waals surface area contributed by atoms with E-state index in [0.717, 1.165) is 32.4 Å². The first-order valence-corrected chi connectivity index (χ1v) is 6.28. The number of amides is 2. The van der Waals surface area contributed by atoms with Crippen molar-refractivity contribution in [3.8, 4) is 0 Å². The standard InChI is InChI=1S/C13H18FN3O/c14-11-5-1-2-6-12(11)17-13(18)16-10-4-3-8-15-9-7-10/h1-2,5-6,10,15H,3-4,7-9H2,(H2,16,17,18). The SMILES string of the molecule is O=C(Nc1ccccc1F)NC1CCCNCC1. The lowest BCUT2D eigenvalue weighted by Gasteiger charge is -2.16. The maximum atomic E-state index is 13.3. The molecule has 2 amide bonds. The quantitative estimate of drug-likeness (QED) is 0.754. The molecular formula is C13H18FN3O. The third-order valence-electron chi connectivity index (χ3n) is 3.03. The van der Waals surface area contributed by atoms with E-state index >= 15 is 0 Å². The first-order chi connectivity index (χ1) is 8.75. The van der Waals surface area contributed by atoms with Gasteiger partial charge in [0.15, 0.2) is 0 Å². The topological polar surface area (TPSA) is 53.2 Å². The van der Waals surface area contributed by atoms with Gasteiger partial charge in [0.25, 0.3) is 0 Å². The summed E-state index contributed by atoms with van der Waals surface area (Å²) in [6.07, 6.45) is 2.91. The Hall–Kier alpha value is -1.62. The Morgan fingerprint density at radius 3 is 2.94 bits per heavy atom. The van der Waals surface area contributed by atoms with Crippen molar-refractivity contribution in [2.24, 2.45) is 0 Å². The number of rotatable bonds is 2. The highest BCUT2D eigenvalue weighted by atomic mass is 19.1. The first kappa shape index (κ1) is 12.8. The molecule has 1 saturated heterocycles. The van der Waals surface area contributed by atoms with Crippen LogP contribution in [0.25, 0.3) is 0 Å². The number of hydrogen-bond donors (Lipinski definition) is 3. The molecule has 1 heterocycles. The summed E-state index contributed by atoms with van der Waals surface area (Å²) in [5.74, 6) is -0.421. The van der Waals surface area contributed by atoms with Crippen molar-refractivity contribution < 1.29 is 9.18 Å². The second kappa shape index (κ2) is 6.35. The molecule has 0 saturated carbocycles. The smallest absolute Gasteiger partial charge is 0.319 e. The average Bonchev–Trinajstić information content (AvgIpc) is 2.61. The van der Waals surface area contributed by atoms with Crippen molar-refractivity contribution >= 4 is 11.7 Å². The van der Waals surface area contributed by atoms with Crippen molar-refractivity contribution in [3.05, 3.63) is 30.1 Å². The zero-order valence-corrected chi connectivity index (χ0v) is 10.2. The predicted molar refractivity (Wildman–Crippen MR) is 69.1 cm³/mol. The van der Waals surface area contributed by atoms with E-state index in [1.165, 1.54) is 6.07 Å². The average molecular weight is 251 g/mol. The minimum Gasteiger partial charge on any atom is -0.335 e. The summed E-state index contributed by atoms with van der Waals surface area (Å²) in [6, 6.07) is 5.97. The number of carbonyl (C=O) groups is 1. The number of urea groups is 1. The molecule has 0 aromatic heterocycles. The Bertz CT molecular complexity index is 403. The Morgan fingerprint density at radius 2 is 2.11 bits per heavy atom. The fraction of sp³-hybridized carbons (Fsp3) is 0.462. The summed E-state index contributed by atoms with van der Waals surface area (Å²) < 4.78 is 13.3. The highest BCUT2D eigenvalue weighted by molar-refractivity contribution is 5.89. The van der Waals surface area contributed by atoms with Crippen molar-refractivity contribution in [2.45, 2.75) is 25.3 Å². The number of para-hydroxylation sites is 1. The van der Waals surface area contributed by atoms with Gasteiger partial charge in [0, 0.05) is 6.04 Å². The second-order valence-corrected chi connectivity index (χ2v) is 4.46. The maximum Gasteiger partial charge on any atom is 0.319 e. The van der Waals surface area contributed by atoms with E-state index < -0.39 is 5.82 Å². The lowest BCUT2D eigenvalue weighted by Crippen LogP contribution is -2.38. The Morgan fingerprint density at radius 1 is 1.28 bits per heavy atom. The van der Waals surface area contributed by atoms with Gasteiger partial charge in [-0.25, -0.2) is 9.18 Å². The van der Waals surface area contributed by atoms with E-state index in [9.17, 15) is 9.18 Å². The van der Waals surface area contributed by atoms with Gasteiger partial charge < -0.3 is 16.0 Å². The van der Waals surface area contributed by atoms with Gasteiger partial charge in [0.1, 0.15) is 5.82 Å². The van der Waals surface area contributed by atoms with Crippen LogP contribution >= 0.6 is 0 Å². The zero-order valence-electron chi connectivity index (χ0n) is 10.2.